The van der Waals surface area contributed by atoms with Crippen LogP contribution in [0.4, 0.5) is 0 Å². The molecule has 1 fully saturated rings. The highest BCUT2D eigenvalue weighted by Gasteiger charge is 2.21. The fourth-order valence-electron chi connectivity index (χ4n) is 2.86. The summed E-state index contributed by atoms with van der Waals surface area (Å²) in [4.78, 5) is 5.70. The molecule has 2 aromatic rings. The Morgan fingerprint density at radius 3 is 2.76 bits per heavy atom. The summed E-state index contributed by atoms with van der Waals surface area (Å²) in [7, 11) is 0. The molecule has 1 saturated heterocycles. The summed E-state index contributed by atoms with van der Waals surface area (Å²) < 4.78 is 0. The van der Waals surface area contributed by atoms with Gasteiger partial charge in [0.05, 0.1) is 0 Å². The smallest absolute Gasteiger partial charge is 0.0456 e. The van der Waals surface area contributed by atoms with Crippen LogP contribution in [0.3, 0.4) is 0 Å². The van der Waals surface area contributed by atoms with Gasteiger partial charge in [-0.25, -0.2) is 0 Å². The minimum atomic E-state index is 0.689. The zero-order valence-corrected chi connectivity index (χ0v) is 10.0. The maximum Gasteiger partial charge on any atom is 0.0456 e. The third-order valence-electron chi connectivity index (χ3n) is 3.91. The summed E-state index contributed by atoms with van der Waals surface area (Å²) in [6.45, 7) is 2.95. The largest absolute Gasteiger partial charge is 0.361 e. The van der Waals surface area contributed by atoms with Gasteiger partial charge in [0.1, 0.15) is 0 Å². The Morgan fingerprint density at radius 1 is 1.24 bits per heavy atom. The van der Waals surface area contributed by atoms with Crippen LogP contribution in [0.2, 0.25) is 0 Å². The van der Waals surface area contributed by atoms with E-state index in [0.717, 1.165) is 13.1 Å². The van der Waals surface area contributed by atoms with Crippen LogP contribution in [0.25, 0.3) is 10.9 Å². The molecule has 90 valence electrons. The van der Waals surface area contributed by atoms with E-state index in [2.05, 4.69) is 40.3 Å². The van der Waals surface area contributed by atoms with E-state index in [0.29, 0.717) is 12.6 Å². The number of aromatic amines is 1. The molecule has 17 heavy (non-hydrogen) atoms. The number of nitrogens with zero attached hydrogens (tertiary/aromatic N) is 1. The molecule has 0 unspecified atom stereocenters. The molecule has 0 radical (unpaired) electrons. The van der Waals surface area contributed by atoms with Crippen molar-refractivity contribution in [1.29, 1.82) is 0 Å². The van der Waals surface area contributed by atoms with E-state index < -0.39 is 0 Å². The lowest BCUT2D eigenvalue weighted by atomic mass is 9.89. The van der Waals surface area contributed by atoms with Gasteiger partial charge in [-0.15, -0.1) is 0 Å². The van der Waals surface area contributed by atoms with Crippen LogP contribution in [-0.4, -0.2) is 29.6 Å². The van der Waals surface area contributed by atoms with Crippen molar-refractivity contribution in [1.82, 2.24) is 9.88 Å². The second-order valence-corrected chi connectivity index (χ2v) is 4.86. The number of nitrogens with one attached hydrogen (secondary N) is 1. The first-order valence-corrected chi connectivity index (χ1v) is 6.37. The maximum atomic E-state index is 5.68. The molecular formula is C14H19N3. The molecule has 1 aromatic heterocycles. The predicted molar refractivity (Wildman–Crippen MR) is 70.9 cm³/mol. The quantitative estimate of drug-likeness (QED) is 0.829. The van der Waals surface area contributed by atoms with Gasteiger partial charge in [-0.1, -0.05) is 18.2 Å². The summed E-state index contributed by atoms with van der Waals surface area (Å²) in [5.41, 5.74) is 8.41. The van der Waals surface area contributed by atoms with E-state index in [-0.39, 0.29) is 0 Å². The Bertz CT molecular complexity index is 495. The minimum Gasteiger partial charge on any atom is -0.361 e. The Morgan fingerprint density at radius 2 is 2.00 bits per heavy atom. The number of aromatic nitrogens is 1. The van der Waals surface area contributed by atoms with Crippen LogP contribution in [0.1, 0.15) is 24.3 Å². The molecule has 2 heterocycles. The van der Waals surface area contributed by atoms with Gasteiger partial charge in [0.25, 0.3) is 0 Å². The van der Waals surface area contributed by atoms with Gasteiger partial charge in [-0.3, -0.25) is 4.90 Å². The van der Waals surface area contributed by atoms with Crippen LogP contribution in [0, 0.1) is 0 Å². The van der Waals surface area contributed by atoms with Crippen LogP contribution >= 0.6 is 0 Å². The highest BCUT2D eigenvalue weighted by Crippen LogP contribution is 2.32. The van der Waals surface area contributed by atoms with Gasteiger partial charge in [0.2, 0.25) is 0 Å². The molecule has 0 atom stereocenters. The molecule has 0 spiro atoms. The number of nitrogens with two attached hydrogens (primary N) is 1. The SMILES string of the molecule is NCN1CCC(c2c[nH]c3ccccc23)CC1. The second kappa shape index (κ2) is 4.51. The molecule has 1 aliphatic rings. The van der Waals surface area contributed by atoms with Crippen molar-refractivity contribution in [2.45, 2.75) is 18.8 Å². The minimum absolute atomic E-state index is 0.689. The molecule has 0 amide bonds. The molecule has 3 N–H and O–H groups in total. The Hall–Kier alpha value is -1.32. The van der Waals surface area contributed by atoms with Crippen LogP contribution in [-0.2, 0) is 0 Å². The van der Waals surface area contributed by atoms with Crippen molar-refractivity contribution in [3.8, 4) is 0 Å². The molecule has 3 heteroatoms. The van der Waals surface area contributed by atoms with E-state index >= 15 is 0 Å². The average molecular weight is 229 g/mol. The fourth-order valence-corrected chi connectivity index (χ4v) is 2.86. The number of likely N-dealkylation sites (tertiary alicyclic amines) is 1. The molecule has 0 saturated carbocycles. The first kappa shape index (κ1) is 10.8. The third-order valence-corrected chi connectivity index (χ3v) is 3.91. The number of hydrogen-bond donors (Lipinski definition) is 2. The maximum absolute atomic E-state index is 5.68. The topological polar surface area (TPSA) is 45.0 Å². The summed E-state index contributed by atoms with van der Waals surface area (Å²) in [5.74, 6) is 0.689. The fraction of sp³-hybridized carbons (Fsp3) is 0.429. The zero-order valence-electron chi connectivity index (χ0n) is 10.0. The van der Waals surface area contributed by atoms with Crippen LogP contribution < -0.4 is 5.73 Å². The lowest BCUT2D eigenvalue weighted by molar-refractivity contribution is 0.218. The van der Waals surface area contributed by atoms with Gasteiger partial charge in [0.15, 0.2) is 0 Å². The van der Waals surface area contributed by atoms with Gasteiger partial charge >= 0.3 is 0 Å². The molecule has 3 rings (SSSR count). The first-order valence-electron chi connectivity index (χ1n) is 6.37. The van der Waals surface area contributed by atoms with Crippen molar-refractivity contribution in [3.63, 3.8) is 0 Å². The predicted octanol–water partition coefficient (Wildman–Crippen LogP) is 2.26. The summed E-state index contributed by atoms with van der Waals surface area (Å²) in [5, 5.41) is 1.39. The monoisotopic (exact) mass is 229 g/mol. The van der Waals surface area contributed by atoms with E-state index in [4.69, 9.17) is 5.73 Å². The van der Waals surface area contributed by atoms with Gasteiger partial charge in [-0.05, 0) is 43.5 Å². The average Bonchev–Trinajstić information content (AvgIpc) is 2.83. The van der Waals surface area contributed by atoms with Crippen molar-refractivity contribution >= 4 is 10.9 Å². The van der Waals surface area contributed by atoms with E-state index in [1.165, 1.54) is 29.3 Å². The van der Waals surface area contributed by atoms with E-state index in [9.17, 15) is 0 Å². The third kappa shape index (κ3) is 1.96. The first-order chi connectivity index (χ1) is 8.38. The highest BCUT2D eigenvalue weighted by molar-refractivity contribution is 5.83. The summed E-state index contributed by atoms with van der Waals surface area (Å²) in [6, 6.07) is 8.57. The van der Waals surface area contributed by atoms with E-state index in [1.807, 2.05) is 0 Å². The molecule has 1 aromatic carbocycles. The number of H-pyrrole nitrogens is 1. The number of rotatable bonds is 2. The zero-order chi connectivity index (χ0) is 11.7. The van der Waals surface area contributed by atoms with Crippen LogP contribution in [0.15, 0.2) is 30.5 Å². The van der Waals surface area contributed by atoms with Crippen molar-refractivity contribution in [2.24, 2.45) is 5.73 Å². The molecule has 0 aliphatic carbocycles. The number of para-hydroxylation sites is 1. The number of hydrogen-bond acceptors (Lipinski definition) is 2. The van der Waals surface area contributed by atoms with Gasteiger partial charge in [-0.2, -0.15) is 0 Å². The Kier molecular flexibility index (Phi) is 2.87. The van der Waals surface area contributed by atoms with Crippen LogP contribution in [0.5, 0.6) is 0 Å². The highest BCUT2D eigenvalue weighted by atomic mass is 15.2. The van der Waals surface area contributed by atoms with Crippen molar-refractivity contribution < 1.29 is 0 Å². The van der Waals surface area contributed by atoms with Gasteiger partial charge < -0.3 is 10.7 Å². The lowest BCUT2D eigenvalue weighted by Crippen LogP contribution is -2.36. The van der Waals surface area contributed by atoms with Crippen molar-refractivity contribution in [3.05, 3.63) is 36.0 Å². The molecule has 3 nitrogen and oxygen atoms in total. The van der Waals surface area contributed by atoms with Crippen molar-refractivity contribution in [2.75, 3.05) is 19.8 Å². The summed E-state index contributed by atoms with van der Waals surface area (Å²) >= 11 is 0. The molecule has 1 aliphatic heterocycles. The summed E-state index contributed by atoms with van der Waals surface area (Å²) in [6.07, 6.45) is 4.63. The molecular weight excluding hydrogens is 210 g/mol. The standard InChI is InChI=1S/C14H19N3/c15-10-17-7-5-11(6-8-17)13-9-16-14-4-2-1-3-12(13)14/h1-4,9,11,16H,5-8,10,15H2. The van der Waals surface area contributed by atoms with E-state index in [1.54, 1.807) is 0 Å². The lowest BCUT2D eigenvalue weighted by Gasteiger charge is -2.30. The second-order valence-electron chi connectivity index (χ2n) is 4.86. The number of piperidine rings is 1. The Balaban J connectivity index is 1.85. The normalized spacial score (nSPS) is 18.9. The molecule has 0 bridgehead atoms. The number of fused-ring (bicyclic) bond motifs is 1. The number of benzene rings is 1. The Labute approximate surface area is 102 Å². The van der Waals surface area contributed by atoms with Gasteiger partial charge in [0, 0.05) is 23.8 Å².